The zero-order chi connectivity index (χ0) is 12.9. The first kappa shape index (κ1) is 16.8. The molecular weight excluding hydrogens is 248 g/mol. The molecule has 102 valence electrons. The summed E-state index contributed by atoms with van der Waals surface area (Å²) in [7, 11) is 0. The van der Waals surface area contributed by atoms with Gasteiger partial charge in [0.1, 0.15) is 0 Å². The zero-order valence-corrected chi connectivity index (χ0v) is 12.1. The van der Waals surface area contributed by atoms with E-state index < -0.39 is 0 Å². The number of carbonyl (C=O) groups excluding carboxylic acids is 1. The Morgan fingerprint density at radius 3 is 2.50 bits per heavy atom. The third kappa shape index (κ3) is 5.41. The summed E-state index contributed by atoms with van der Waals surface area (Å²) in [5, 5.41) is 3.02. The van der Waals surface area contributed by atoms with E-state index in [2.05, 4.69) is 12.2 Å². The molecule has 0 aliphatic rings. The highest BCUT2D eigenvalue weighted by atomic mass is 35.5. The van der Waals surface area contributed by atoms with Gasteiger partial charge in [0.25, 0.3) is 0 Å². The van der Waals surface area contributed by atoms with Gasteiger partial charge >= 0.3 is 0 Å². The van der Waals surface area contributed by atoms with Crippen LogP contribution in [0.25, 0.3) is 0 Å². The number of hydrogen-bond donors (Lipinski definition) is 2. The number of aryl methyl sites for hydroxylation is 1. The molecule has 1 aromatic rings. The molecule has 0 fully saturated rings. The number of benzene rings is 1. The van der Waals surface area contributed by atoms with Crippen molar-refractivity contribution in [2.45, 2.75) is 45.6 Å². The van der Waals surface area contributed by atoms with Crippen LogP contribution in [0.15, 0.2) is 24.3 Å². The maximum Gasteiger partial charge on any atom is 0.220 e. The molecule has 0 bridgehead atoms. The van der Waals surface area contributed by atoms with Crippen LogP contribution in [0.5, 0.6) is 0 Å². The molecule has 3 nitrogen and oxygen atoms in total. The summed E-state index contributed by atoms with van der Waals surface area (Å²) in [6.07, 6.45) is 2.10. The van der Waals surface area contributed by atoms with Gasteiger partial charge in [0, 0.05) is 17.6 Å². The molecule has 1 aromatic carbocycles. The van der Waals surface area contributed by atoms with E-state index in [-0.39, 0.29) is 23.9 Å². The molecule has 0 spiro atoms. The standard InChI is InChI=1S/C14H22N2O.ClH/c1-4-14(2,3)16-13(17)10-9-11-7-5-6-8-12(11)15;/h5-8H,4,9-10,15H2,1-3H3,(H,16,17);1H. The van der Waals surface area contributed by atoms with Gasteiger partial charge in [-0.2, -0.15) is 0 Å². The second-order valence-corrected chi connectivity index (χ2v) is 4.98. The second-order valence-electron chi connectivity index (χ2n) is 4.98. The summed E-state index contributed by atoms with van der Waals surface area (Å²) in [5.74, 6) is 0.0834. The molecule has 18 heavy (non-hydrogen) atoms. The van der Waals surface area contributed by atoms with Gasteiger partial charge in [0.05, 0.1) is 0 Å². The fourth-order valence-corrected chi connectivity index (χ4v) is 1.54. The van der Waals surface area contributed by atoms with Gasteiger partial charge in [-0.3, -0.25) is 4.79 Å². The lowest BCUT2D eigenvalue weighted by atomic mass is 10.0. The SMILES string of the molecule is CCC(C)(C)NC(=O)CCc1ccccc1N.Cl. The van der Waals surface area contributed by atoms with Crippen LogP contribution in [0.3, 0.4) is 0 Å². The highest BCUT2D eigenvalue weighted by Gasteiger charge is 2.17. The first-order chi connectivity index (χ1) is 7.94. The summed E-state index contributed by atoms with van der Waals surface area (Å²) in [5.41, 5.74) is 7.50. The van der Waals surface area contributed by atoms with E-state index in [9.17, 15) is 4.79 Å². The van der Waals surface area contributed by atoms with Gasteiger partial charge in [-0.15, -0.1) is 12.4 Å². The third-order valence-electron chi connectivity index (χ3n) is 3.04. The number of halogens is 1. The Morgan fingerprint density at radius 1 is 1.33 bits per heavy atom. The summed E-state index contributed by atoms with van der Waals surface area (Å²) < 4.78 is 0. The molecule has 0 saturated carbocycles. The van der Waals surface area contributed by atoms with Crippen molar-refractivity contribution in [1.29, 1.82) is 0 Å². The van der Waals surface area contributed by atoms with Crippen LogP contribution in [0.2, 0.25) is 0 Å². The molecule has 3 N–H and O–H groups in total. The van der Waals surface area contributed by atoms with Crippen molar-refractivity contribution < 1.29 is 4.79 Å². The molecule has 0 atom stereocenters. The number of hydrogen-bond acceptors (Lipinski definition) is 2. The normalized spacial score (nSPS) is 10.6. The lowest BCUT2D eigenvalue weighted by molar-refractivity contribution is -0.122. The van der Waals surface area contributed by atoms with E-state index in [0.717, 1.165) is 17.7 Å². The second kappa shape index (κ2) is 7.27. The van der Waals surface area contributed by atoms with Crippen LogP contribution in [0.1, 0.15) is 39.2 Å². The Labute approximate surface area is 116 Å². The fourth-order valence-electron chi connectivity index (χ4n) is 1.54. The molecule has 0 radical (unpaired) electrons. The molecule has 0 aromatic heterocycles. The molecule has 1 amide bonds. The molecule has 0 aliphatic carbocycles. The Morgan fingerprint density at radius 2 is 1.94 bits per heavy atom. The van der Waals surface area contributed by atoms with Crippen molar-refractivity contribution in [3.05, 3.63) is 29.8 Å². The van der Waals surface area contributed by atoms with Gasteiger partial charge in [0.2, 0.25) is 5.91 Å². The molecule has 0 heterocycles. The van der Waals surface area contributed by atoms with Crippen molar-refractivity contribution in [3.63, 3.8) is 0 Å². The largest absolute Gasteiger partial charge is 0.399 e. The van der Waals surface area contributed by atoms with Crippen molar-refractivity contribution in [2.75, 3.05) is 5.73 Å². The smallest absolute Gasteiger partial charge is 0.220 e. The number of rotatable bonds is 5. The molecule has 0 aliphatic heterocycles. The quantitative estimate of drug-likeness (QED) is 0.809. The molecule has 1 rings (SSSR count). The highest BCUT2D eigenvalue weighted by molar-refractivity contribution is 5.85. The number of carbonyl (C=O) groups is 1. The molecule has 0 unspecified atom stereocenters. The number of amides is 1. The van der Waals surface area contributed by atoms with Crippen molar-refractivity contribution in [1.82, 2.24) is 5.32 Å². The zero-order valence-electron chi connectivity index (χ0n) is 11.3. The minimum Gasteiger partial charge on any atom is -0.399 e. The third-order valence-corrected chi connectivity index (χ3v) is 3.04. The molecule has 4 heteroatoms. The Balaban J connectivity index is 0.00000289. The van der Waals surface area contributed by atoms with Gasteiger partial charge < -0.3 is 11.1 Å². The van der Waals surface area contributed by atoms with E-state index in [1.54, 1.807) is 0 Å². The first-order valence-corrected chi connectivity index (χ1v) is 6.09. The Bertz CT molecular complexity index is 391. The van der Waals surface area contributed by atoms with Gasteiger partial charge in [-0.1, -0.05) is 25.1 Å². The Kier molecular flexibility index (Phi) is 6.77. The van der Waals surface area contributed by atoms with Gasteiger partial charge in [-0.05, 0) is 38.3 Å². The number of anilines is 1. The summed E-state index contributed by atoms with van der Waals surface area (Å²) in [6.45, 7) is 6.12. The van der Waals surface area contributed by atoms with E-state index >= 15 is 0 Å². The number of nitrogen functional groups attached to an aromatic ring is 1. The minimum atomic E-state index is -0.126. The average molecular weight is 271 g/mol. The van der Waals surface area contributed by atoms with Crippen LogP contribution < -0.4 is 11.1 Å². The minimum absolute atomic E-state index is 0. The van der Waals surface area contributed by atoms with Crippen molar-refractivity contribution in [3.8, 4) is 0 Å². The summed E-state index contributed by atoms with van der Waals surface area (Å²) in [4.78, 5) is 11.8. The number of para-hydroxylation sites is 1. The molecular formula is C14H23ClN2O. The lowest BCUT2D eigenvalue weighted by Crippen LogP contribution is -2.42. The van der Waals surface area contributed by atoms with Gasteiger partial charge in [0.15, 0.2) is 0 Å². The lowest BCUT2D eigenvalue weighted by Gasteiger charge is -2.24. The van der Waals surface area contributed by atoms with Gasteiger partial charge in [-0.25, -0.2) is 0 Å². The Hall–Kier alpha value is -1.22. The van der Waals surface area contributed by atoms with Crippen LogP contribution in [0.4, 0.5) is 5.69 Å². The van der Waals surface area contributed by atoms with E-state index in [4.69, 9.17) is 5.73 Å². The highest BCUT2D eigenvalue weighted by Crippen LogP contribution is 2.13. The van der Waals surface area contributed by atoms with E-state index in [1.807, 2.05) is 38.1 Å². The van der Waals surface area contributed by atoms with E-state index in [1.165, 1.54) is 0 Å². The van der Waals surface area contributed by atoms with Crippen LogP contribution in [0, 0.1) is 0 Å². The predicted octanol–water partition coefficient (Wildman–Crippen LogP) is 2.93. The first-order valence-electron chi connectivity index (χ1n) is 6.09. The maximum atomic E-state index is 11.8. The van der Waals surface area contributed by atoms with Crippen LogP contribution in [-0.2, 0) is 11.2 Å². The molecule has 0 saturated heterocycles. The summed E-state index contributed by atoms with van der Waals surface area (Å²) in [6, 6.07) is 7.68. The maximum absolute atomic E-state index is 11.8. The van der Waals surface area contributed by atoms with Crippen molar-refractivity contribution >= 4 is 24.0 Å². The fraction of sp³-hybridized carbons (Fsp3) is 0.500. The van der Waals surface area contributed by atoms with Crippen LogP contribution >= 0.6 is 12.4 Å². The monoisotopic (exact) mass is 270 g/mol. The average Bonchev–Trinajstić information content (AvgIpc) is 2.27. The number of nitrogens with one attached hydrogen (secondary N) is 1. The van der Waals surface area contributed by atoms with Crippen molar-refractivity contribution in [2.24, 2.45) is 0 Å². The number of nitrogens with two attached hydrogens (primary N) is 1. The summed E-state index contributed by atoms with van der Waals surface area (Å²) >= 11 is 0. The van der Waals surface area contributed by atoms with Crippen LogP contribution in [-0.4, -0.2) is 11.4 Å². The van der Waals surface area contributed by atoms with E-state index in [0.29, 0.717) is 12.8 Å². The topological polar surface area (TPSA) is 55.1 Å². The predicted molar refractivity (Wildman–Crippen MR) is 78.9 cm³/mol.